The van der Waals surface area contributed by atoms with E-state index in [2.05, 4.69) is 10.2 Å². The highest BCUT2D eigenvalue weighted by Gasteiger charge is 2.41. The number of aliphatic hydroxyl groups excluding tert-OH is 1. The van der Waals surface area contributed by atoms with Gasteiger partial charge in [-0.2, -0.15) is 0 Å². The van der Waals surface area contributed by atoms with Crippen LogP contribution in [0.4, 0.5) is 0 Å². The third-order valence-corrected chi connectivity index (χ3v) is 4.74. The van der Waals surface area contributed by atoms with Crippen LogP contribution < -0.4 is 5.32 Å². The molecule has 2 fully saturated rings. The minimum Gasteiger partial charge on any atom is -0.393 e. The predicted octanol–water partition coefficient (Wildman–Crippen LogP) is 1.91. The first kappa shape index (κ1) is 15.8. The Labute approximate surface area is 122 Å². The molecule has 20 heavy (non-hydrogen) atoms. The standard InChI is InChI=1S/C16H30N2O2/c1-11(15(20)17-16(2,3)4)18-10-6-8-13(18)12-7-5-9-14(12)19/h11-14,19H,5-10H2,1-4H3,(H,17,20). The third-order valence-electron chi connectivity index (χ3n) is 4.74. The summed E-state index contributed by atoms with van der Waals surface area (Å²) in [5.41, 5.74) is -0.187. The first-order chi connectivity index (χ1) is 9.29. The molecule has 0 aromatic heterocycles. The topological polar surface area (TPSA) is 52.6 Å². The summed E-state index contributed by atoms with van der Waals surface area (Å²) in [6.07, 6.45) is 5.25. The van der Waals surface area contributed by atoms with Gasteiger partial charge in [-0.05, 0) is 59.9 Å². The van der Waals surface area contributed by atoms with Crippen molar-refractivity contribution in [2.75, 3.05) is 6.54 Å². The zero-order valence-electron chi connectivity index (χ0n) is 13.4. The molecule has 116 valence electrons. The van der Waals surface area contributed by atoms with Crippen molar-refractivity contribution in [3.05, 3.63) is 0 Å². The van der Waals surface area contributed by atoms with E-state index in [9.17, 15) is 9.90 Å². The summed E-state index contributed by atoms with van der Waals surface area (Å²) < 4.78 is 0. The molecule has 4 heteroatoms. The lowest BCUT2D eigenvalue weighted by atomic mass is 9.93. The third kappa shape index (κ3) is 3.53. The Kier molecular flexibility index (Phi) is 4.75. The molecule has 1 aliphatic carbocycles. The number of nitrogens with zero attached hydrogens (tertiary/aromatic N) is 1. The maximum Gasteiger partial charge on any atom is 0.237 e. The maximum atomic E-state index is 12.4. The number of likely N-dealkylation sites (tertiary alicyclic amines) is 1. The molecule has 1 aliphatic heterocycles. The largest absolute Gasteiger partial charge is 0.393 e. The average Bonchev–Trinajstić information content (AvgIpc) is 2.93. The number of carbonyl (C=O) groups excluding carboxylic acids is 1. The van der Waals surface area contributed by atoms with E-state index in [0.29, 0.717) is 12.0 Å². The van der Waals surface area contributed by atoms with Crippen LogP contribution in [0, 0.1) is 5.92 Å². The van der Waals surface area contributed by atoms with Crippen molar-refractivity contribution in [1.29, 1.82) is 0 Å². The summed E-state index contributed by atoms with van der Waals surface area (Å²) in [5.74, 6) is 0.472. The van der Waals surface area contributed by atoms with E-state index in [1.54, 1.807) is 0 Å². The Balaban J connectivity index is 2.01. The molecule has 1 amide bonds. The fourth-order valence-electron chi connectivity index (χ4n) is 3.80. The second kappa shape index (κ2) is 6.02. The van der Waals surface area contributed by atoms with Crippen LogP contribution in [-0.2, 0) is 4.79 Å². The minimum atomic E-state index is -0.187. The summed E-state index contributed by atoms with van der Waals surface area (Å²) in [5, 5.41) is 13.2. The van der Waals surface area contributed by atoms with Crippen LogP contribution in [0.1, 0.15) is 59.8 Å². The number of nitrogens with one attached hydrogen (secondary N) is 1. The lowest BCUT2D eigenvalue weighted by Gasteiger charge is -2.36. The van der Waals surface area contributed by atoms with E-state index < -0.39 is 0 Å². The van der Waals surface area contributed by atoms with Crippen LogP contribution in [0.3, 0.4) is 0 Å². The zero-order chi connectivity index (χ0) is 14.9. The SMILES string of the molecule is CC(C(=O)NC(C)(C)C)N1CCCC1C1CCCC1O. The summed E-state index contributed by atoms with van der Waals surface area (Å²) in [6, 6.07) is 0.280. The quantitative estimate of drug-likeness (QED) is 0.831. The molecule has 4 atom stereocenters. The minimum absolute atomic E-state index is 0.102. The van der Waals surface area contributed by atoms with Gasteiger partial charge in [-0.25, -0.2) is 0 Å². The van der Waals surface area contributed by atoms with Gasteiger partial charge in [-0.3, -0.25) is 9.69 Å². The Hall–Kier alpha value is -0.610. The van der Waals surface area contributed by atoms with Gasteiger partial charge >= 0.3 is 0 Å². The fraction of sp³-hybridized carbons (Fsp3) is 0.938. The highest BCUT2D eigenvalue weighted by Crippen LogP contribution is 2.36. The number of hydrogen-bond donors (Lipinski definition) is 2. The molecule has 0 bridgehead atoms. The van der Waals surface area contributed by atoms with Crippen molar-refractivity contribution in [2.45, 2.75) is 83.5 Å². The molecule has 2 rings (SSSR count). The number of aliphatic hydroxyl groups is 1. The fourth-order valence-corrected chi connectivity index (χ4v) is 3.80. The van der Waals surface area contributed by atoms with E-state index >= 15 is 0 Å². The molecule has 0 radical (unpaired) electrons. The molecular formula is C16H30N2O2. The van der Waals surface area contributed by atoms with Gasteiger partial charge in [0.25, 0.3) is 0 Å². The lowest BCUT2D eigenvalue weighted by molar-refractivity contribution is -0.128. The van der Waals surface area contributed by atoms with Gasteiger partial charge < -0.3 is 10.4 Å². The summed E-state index contributed by atoms with van der Waals surface area (Å²) >= 11 is 0. The average molecular weight is 282 g/mol. The van der Waals surface area contributed by atoms with Gasteiger partial charge in [0.05, 0.1) is 12.1 Å². The van der Waals surface area contributed by atoms with Crippen LogP contribution in [0.25, 0.3) is 0 Å². The van der Waals surface area contributed by atoms with Gasteiger partial charge in [-0.1, -0.05) is 6.42 Å². The molecule has 0 aromatic carbocycles. The van der Waals surface area contributed by atoms with Crippen LogP contribution in [0.15, 0.2) is 0 Å². The summed E-state index contributed by atoms with van der Waals surface area (Å²) in [4.78, 5) is 14.7. The molecule has 1 saturated carbocycles. The molecule has 0 spiro atoms. The molecule has 2 N–H and O–H groups in total. The van der Waals surface area contributed by atoms with Gasteiger partial charge in [0.2, 0.25) is 5.91 Å². The number of hydrogen-bond acceptors (Lipinski definition) is 3. The predicted molar refractivity (Wildman–Crippen MR) is 80.4 cm³/mol. The van der Waals surface area contributed by atoms with Crippen molar-refractivity contribution in [2.24, 2.45) is 5.92 Å². The van der Waals surface area contributed by atoms with Gasteiger partial charge in [0.15, 0.2) is 0 Å². The van der Waals surface area contributed by atoms with E-state index in [0.717, 1.165) is 38.6 Å². The summed E-state index contributed by atoms with van der Waals surface area (Å²) in [7, 11) is 0. The Morgan fingerprint density at radius 3 is 2.50 bits per heavy atom. The second-order valence-electron chi connectivity index (χ2n) is 7.52. The Morgan fingerprint density at radius 2 is 1.95 bits per heavy atom. The number of carbonyl (C=O) groups is 1. The maximum absolute atomic E-state index is 12.4. The first-order valence-electron chi connectivity index (χ1n) is 8.05. The van der Waals surface area contributed by atoms with Crippen molar-refractivity contribution in [1.82, 2.24) is 10.2 Å². The highest BCUT2D eigenvalue weighted by atomic mass is 16.3. The van der Waals surface area contributed by atoms with E-state index in [1.807, 2.05) is 27.7 Å². The van der Waals surface area contributed by atoms with E-state index in [-0.39, 0.29) is 23.6 Å². The molecular weight excluding hydrogens is 252 g/mol. The van der Waals surface area contributed by atoms with Gasteiger partial charge in [-0.15, -0.1) is 0 Å². The Morgan fingerprint density at radius 1 is 1.25 bits per heavy atom. The van der Waals surface area contributed by atoms with Crippen LogP contribution in [0.5, 0.6) is 0 Å². The molecule has 1 heterocycles. The van der Waals surface area contributed by atoms with Crippen molar-refractivity contribution >= 4 is 5.91 Å². The van der Waals surface area contributed by atoms with Crippen LogP contribution in [-0.4, -0.2) is 46.2 Å². The molecule has 0 aromatic rings. The van der Waals surface area contributed by atoms with Crippen molar-refractivity contribution in [3.8, 4) is 0 Å². The molecule has 4 unspecified atom stereocenters. The lowest BCUT2D eigenvalue weighted by Crippen LogP contribution is -2.53. The monoisotopic (exact) mass is 282 g/mol. The second-order valence-corrected chi connectivity index (χ2v) is 7.52. The summed E-state index contributed by atoms with van der Waals surface area (Å²) in [6.45, 7) is 9.02. The molecule has 1 saturated heterocycles. The smallest absolute Gasteiger partial charge is 0.237 e. The van der Waals surface area contributed by atoms with Crippen molar-refractivity contribution < 1.29 is 9.90 Å². The molecule has 4 nitrogen and oxygen atoms in total. The van der Waals surface area contributed by atoms with E-state index in [4.69, 9.17) is 0 Å². The molecule has 2 aliphatic rings. The highest BCUT2D eigenvalue weighted by molar-refractivity contribution is 5.82. The van der Waals surface area contributed by atoms with Crippen molar-refractivity contribution in [3.63, 3.8) is 0 Å². The van der Waals surface area contributed by atoms with E-state index in [1.165, 1.54) is 0 Å². The van der Waals surface area contributed by atoms with Crippen LogP contribution in [0.2, 0.25) is 0 Å². The van der Waals surface area contributed by atoms with Gasteiger partial charge in [0.1, 0.15) is 0 Å². The number of rotatable bonds is 3. The number of amides is 1. The Bertz CT molecular complexity index is 351. The van der Waals surface area contributed by atoms with Crippen LogP contribution >= 0.6 is 0 Å². The zero-order valence-corrected chi connectivity index (χ0v) is 13.4. The van der Waals surface area contributed by atoms with Gasteiger partial charge in [0, 0.05) is 17.5 Å². The normalized spacial score (nSPS) is 33.4. The first-order valence-corrected chi connectivity index (χ1v) is 8.05.